The van der Waals surface area contributed by atoms with Crippen LogP contribution in [0.3, 0.4) is 0 Å². The van der Waals surface area contributed by atoms with Crippen molar-refractivity contribution in [3.05, 3.63) is 29.8 Å². The van der Waals surface area contributed by atoms with Gasteiger partial charge in [-0.05, 0) is 36.5 Å². The Labute approximate surface area is 128 Å². The largest absolute Gasteiger partial charge is 0.371 e. The Hall–Kier alpha value is -1.51. The van der Waals surface area contributed by atoms with Gasteiger partial charge in [-0.15, -0.1) is 0 Å². The molecule has 0 spiro atoms. The second-order valence-corrected chi connectivity index (χ2v) is 7.29. The zero-order chi connectivity index (χ0) is 15.5. The first-order valence-corrected chi connectivity index (χ1v) is 7.98. The molecule has 0 bridgehead atoms. The molecule has 1 aliphatic rings. The number of rotatable bonds is 3. The first-order valence-electron chi connectivity index (χ1n) is 7.98. The van der Waals surface area contributed by atoms with Crippen LogP contribution in [0.4, 0.5) is 5.69 Å². The average molecular weight is 288 g/mol. The van der Waals surface area contributed by atoms with Gasteiger partial charge in [0.25, 0.3) is 0 Å². The summed E-state index contributed by atoms with van der Waals surface area (Å²) in [6.07, 6.45) is 2.62. The van der Waals surface area contributed by atoms with Gasteiger partial charge in [-0.1, -0.05) is 39.8 Å². The minimum Gasteiger partial charge on any atom is -0.371 e. The summed E-state index contributed by atoms with van der Waals surface area (Å²) in [6.45, 7) is 11.0. The van der Waals surface area contributed by atoms with Gasteiger partial charge in [-0.3, -0.25) is 4.79 Å². The molecule has 1 aliphatic heterocycles. The summed E-state index contributed by atoms with van der Waals surface area (Å²) >= 11 is 0. The maximum absolute atomic E-state index is 11.9. The molecule has 1 saturated heterocycles. The highest BCUT2D eigenvalue weighted by molar-refractivity contribution is 5.81. The maximum Gasteiger partial charge on any atom is 0.225 e. The van der Waals surface area contributed by atoms with Crippen molar-refractivity contribution in [2.24, 2.45) is 11.3 Å². The second-order valence-electron chi connectivity index (χ2n) is 7.29. The molecule has 21 heavy (non-hydrogen) atoms. The van der Waals surface area contributed by atoms with E-state index in [1.54, 1.807) is 0 Å². The number of nitrogens with zero attached hydrogens (tertiary/aromatic N) is 1. The Bertz CT molecular complexity index is 473. The lowest BCUT2D eigenvalue weighted by molar-refractivity contribution is -0.128. The van der Waals surface area contributed by atoms with Gasteiger partial charge >= 0.3 is 0 Å². The quantitative estimate of drug-likeness (QED) is 0.922. The molecule has 1 atom stereocenters. The highest BCUT2D eigenvalue weighted by Gasteiger charge is 2.20. The molecule has 0 saturated carbocycles. The van der Waals surface area contributed by atoms with E-state index in [1.807, 2.05) is 20.8 Å². The van der Waals surface area contributed by atoms with E-state index >= 15 is 0 Å². The molecule has 1 amide bonds. The molecule has 1 unspecified atom stereocenters. The normalized spacial score (nSPS) is 19.4. The Balaban J connectivity index is 1.91. The Morgan fingerprint density at radius 1 is 1.29 bits per heavy atom. The molecule has 1 heterocycles. The van der Waals surface area contributed by atoms with Gasteiger partial charge in [-0.2, -0.15) is 0 Å². The van der Waals surface area contributed by atoms with Gasteiger partial charge < -0.3 is 10.2 Å². The van der Waals surface area contributed by atoms with Gasteiger partial charge in [0.05, 0.1) is 0 Å². The fourth-order valence-corrected chi connectivity index (χ4v) is 2.70. The lowest BCUT2D eigenvalue weighted by Crippen LogP contribution is -2.34. The maximum atomic E-state index is 11.9. The topological polar surface area (TPSA) is 32.3 Å². The van der Waals surface area contributed by atoms with Crippen molar-refractivity contribution in [2.45, 2.75) is 47.1 Å². The van der Waals surface area contributed by atoms with Crippen LogP contribution in [0.25, 0.3) is 0 Å². The third-order valence-electron chi connectivity index (χ3n) is 4.09. The summed E-state index contributed by atoms with van der Waals surface area (Å²) in [6, 6.07) is 8.60. The van der Waals surface area contributed by atoms with Crippen LogP contribution in [0.5, 0.6) is 0 Å². The number of hydrogen-bond donors (Lipinski definition) is 1. The SMILES string of the molecule is CC1CCCN(c2ccc(CNC(=O)C(C)(C)C)cc2)C1. The number of amides is 1. The van der Waals surface area contributed by atoms with Crippen molar-refractivity contribution < 1.29 is 4.79 Å². The lowest BCUT2D eigenvalue weighted by Gasteiger charge is -2.32. The molecule has 1 fully saturated rings. The molecule has 116 valence electrons. The minimum atomic E-state index is -0.329. The van der Waals surface area contributed by atoms with Gasteiger partial charge in [0.15, 0.2) is 0 Å². The van der Waals surface area contributed by atoms with Crippen LogP contribution in [0.15, 0.2) is 24.3 Å². The van der Waals surface area contributed by atoms with Crippen molar-refractivity contribution in [3.8, 4) is 0 Å². The molecular weight excluding hydrogens is 260 g/mol. The molecule has 1 N–H and O–H groups in total. The van der Waals surface area contributed by atoms with Crippen molar-refractivity contribution in [2.75, 3.05) is 18.0 Å². The van der Waals surface area contributed by atoms with E-state index in [9.17, 15) is 4.79 Å². The molecule has 0 aromatic heterocycles. The van der Waals surface area contributed by atoms with E-state index in [0.29, 0.717) is 6.54 Å². The Morgan fingerprint density at radius 2 is 1.95 bits per heavy atom. The van der Waals surface area contributed by atoms with E-state index < -0.39 is 0 Å². The number of hydrogen-bond acceptors (Lipinski definition) is 2. The smallest absolute Gasteiger partial charge is 0.225 e. The summed E-state index contributed by atoms with van der Waals surface area (Å²) in [4.78, 5) is 14.3. The zero-order valence-corrected chi connectivity index (χ0v) is 13.8. The van der Waals surface area contributed by atoms with Crippen LogP contribution in [0.2, 0.25) is 0 Å². The molecule has 1 aromatic carbocycles. The highest BCUT2D eigenvalue weighted by atomic mass is 16.2. The molecule has 3 nitrogen and oxygen atoms in total. The minimum absolute atomic E-state index is 0.0939. The van der Waals surface area contributed by atoms with Crippen LogP contribution < -0.4 is 10.2 Å². The van der Waals surface area contributed by atoms with Crippen LogP contribution in [0, 0.1) is 11.3 Å². The van der Waals surface area contributed by atoms with E-state index in [2.05, 4.69) is 41.4 Å². The zero-order valence-electron chi connectivity index (χ0n) is 13.8. The van der Waals surface area contributed by atoms with E-state index in [1.165, 1.54) is 18.5 Å². The number of nitrogens with one attached hydrogen (secondary N) is 1. The predicted molar refractivity (Wildman–Crippen MR) is 88.4 cm³/mol. The van der Waals surface area contributed by atoms with Gasteiger partial charge in [0.1, 0.15) is 0 Å². The summed E-state index contributed by atoms with van der Waals surface area (Å²) in [5, 5.41) is 2.99. The van der Waals surface area contributed by atoms with Crippen LogP contribution >= 0.6 is 0 Å². The molecular formula is C18H28N2O. The van der Waals surface area contributed by atoms with E-state index in [-0.39, 0.29) is 11.3 Å². The van der Waals surface area contributed by atoms with Crippen LogP contribution in [-0.4, -0.2) is 19.0 Å². The standard InChI is InChI=1S/C18H28N2O/c1-14-6-5-11-20(13-14)16-9-7-15(8-10-16)12-19-17(21)18(2,3)4/h7-10,14H,5-6,11-13H2,1-4H3,(H,19,21). The fourth-order valence-electron chi connectivity index (χ4n) is 2.70. The number of benzene rings is 1. The molecule has 0 aliphatic carbocycles. The molecule has 1 aromatic rings. The van der Waals surface area contributed by atoms with Crippen molar-refractivity contribution >= 4 is 11.6 Å². The predicted octanol–water partition coefficient (Wildman–Crippen LogP) is 3.59. The fraction of sp³-hybridized carbons (Fsp3) is 0.611. The lowest BCUT2D eigenvalue weighted by atomic mass is 9.95. The van der Waals surface area contributed by atoms with Crippen molar-refractivity contribution in [3.63, 3.8) is 0 Å². The summed E-state index contributed by atoms with van der Waals surface area (Å²) < 4.78 is 0. The Morgan fingerprint density at radius 3 is 2.52 bits per heavy atom. The van der Waals surface area contributed by atoms with Crippen LogP contribution in [-0.2, 0) is 11.3 Å². The van der Waals surface area contributed by atoms with E-state index in [4.69, 9.17) is 0 Å². The summed E-state index contributed by atoms with van der Waals surface area (Å²) in [7, 11) is 0. The Kier molecular flexibility index (Phi) is 4.92. The van der Waals surface area contributed by atoms with Gasteiger partial charge in [0.2, 0.25) is 5.91 Å². The second kappa shape index (κ2) is 6.50. The number of anilines is 1. The number of carbonyl (C=O) groups is 1. The van der Waals surface area contributed by atoms with Crippen molar-refractivity contribution in [1.29, 1.82) is 0 Å². The monoisotopic (exact) mass is 288 g/mol. The van der Waals surface area contributed by atoms with Crippen molar-refractivity contribution in [1.82, 2.24) is 5.32 Å². The number of carbonyl (C=O) groups excluding carboxylic acids is 1. The first-order chi connectivity index (χ1) is 9.86. The molecule has 3 heteroatoms. The summed E-state index contributed by atoms with van der Waals surface area (Å²) in [5.41, 5.74) is 2.12. The van der Waals surface area contributed by atoms with Crippen LogP contribution in [0.1, 0.15) is 46.1 Å². The first kappa shape index (κ1) is 15.9. The van der Waals surface area contributed by atoms with Gasteiger partial charge in [-0.25, -0.2) is 0 Å². The van der Waals surface area contributed by atoms with Gasteiger partial charge in [0, 0.05) is 30.7 Å². The summed E-state index contributed by atoms with van der Waals surface area (Å²) in [5.74, 6) is 0.876. The molecule has 2 rings (SSSR count). The van der Waals surface area contributed by atoms with E-state index in [0.717, 1.165) is 24.6 Å². The highest BCUT2D eigenvalue weighted by Crippen LogP contribution is 2.23. The molecule has 0 radical (unpaired) electrons. The third kappa shape index (κ3) is 4.48. The number of piperidine rings is 1. The average Bonchev–Trinajstić information content (AvgIpc) is 2.44. The third-order valence-corrected chi connectivity index (χ3v) is 4.09.